The minimum Gasteiger partial charge on any atom is -0.497 e. The molecule has 0 saturated carbocycles. The zero-order valence-electron chi connectivity index (χ0n) is 21.0. The first-order chi connectivity index (χ1) is 18.2. The number of rotatable bonds is 10. The molecule has 0 aliphatic carbocycles. The summed E-state index contributed by atoms with van der Waals surface area (Å²) in [6, 6.07) is 18.2. The molecule has 3 N–H and O–H groups in total. The predicted molar refractivity (Wildman–Crippen MR) is 149 cm³/mol. The Morgan fingerprint density at radius 1 is 1.00 bits per heavy atom. The van der Waals surface area contributed by atoms with E-state index in [4.69, 9.17) is 16.3 Å². The average Bonchev–Trinajstić information content (AvgIpc) is 2.90. The van der Waals surface area contributed by atoms with Gasteiger partial charge in [0.15, 0.2) is 9.84 Å². The third kappa shape index (κ3) is 6.15. The number of para-hydroxylation sites is 2. The minimum atomic E-state index is -3.59. The number of nitrogens with one attached hydrogen (secondary N) is 3. The fraction of sp³-hybridized carbons (Fsp3) is 0.185. The van der Waals surface area contributed by atoms with Gasteiger partial charge in [-0.2, -0.15) is 4.98 Å². The number of methoxy groups -OCH3 is 1. The average molecular weight is 556 g/mol. The third-order valence-corrected chi connectivity index (χ3v) is 8.22. The Morgan fingerprint density at radius 3 is 2.42 bits per heavy atom. The van der Waals surface area contributed by atoms with E-state index in [2.05, 4.69) is 25.9 Å². The highest BCUT2D eigenvalue weighted by molar-refractivity contribution is 7.92. The lowest BCUT2D eigenvalue weighted by Crippen LogP contribution is -2.16. The summed E-state index contributed by atoms with van der Waals surface area (Å²) in [6.45, 7) is 3.37. The van der Waals surface area contributed by atoms with Crippen LogP contribution >= 0.6 is 11.6 Å². The van der Waals surface area contributed by atoms with Crippen LogP contribution in [0.1, 0.15) is 19.4 Å². The van der Waals surface area contributed by atoms with Crippen molar-refractivity contribution >= 4 is 50.3 Å². The minimum absolute atomic E-state index is 0.116. The summed E-state index contributed by atoms with van der Waals surface area (Å²) < 4.78 is 45.6. The first-order valence-corrected chi connectivity index (χ1v) is 13.7. The van der Waals surface area contributed by atoms with Crippen molar-refractivity contribution in [1.82, 2.24) is 9.97 Å². The fourth-order valence-corrected chi connectivity index (χ4v) is 4.99. The normalized spacial score (nSPS) is 11.3. The molecule has 0 amide bonds. The van der Waals surface area contributed by atoms with Gasteiger partial charge < -0.3 is 20.7 Å². The summed E-state index contributed by atoms with van der Waals surface area (Å²) in [7, 11) is -2.00. The summed E-state index contributed by atoms with van der Waals surface area (Å²) in [5.74, 6) is 0.811. The Hall–Kier alpha value is -3.89. The molecule has 0 unspecified atom stereocenters. The van der Waals surface area contributed by atoms with E-state index in [-0.39, 0.29) is 28.1 Å². The fourth-order valence-electron chi connectivity index (χ4n) is 3.56. The highest BCUT2D eigenvalue weighted by atomic mass is 35.5. The molecule has 0 spiro atoms. The molecule has 0 radical (unpaired) electrons. The van der Waals surface area contributed by atoms with Crippen LogP contribution in [0, 0.1) is 5.82 Å². The van der Waals surface area contributed by atoms with Crippen LogP contribution in [0.25, 0.3) is 0 Å². The number of ether oxygens (including phenoxy) is 1. The van der Waals surface area contributed by atoms with E-state index in [0.717, 1.165) is 5.69 Å². The van der Waals surface area contributed by atoms with Crippen molar-refractivity contribution in [2.45, 2.75) is 30.5 Å². The lowest BCUT2D eigenvalue weighted by Gasteiger charge is -2.17. The maximum absolute atomic E-state index is 14.3. The summed E-state index contributed by atoms with van der Waals surface area (Å²) in [5, 5.41) is 8.88. The predicted octanol–water partition coefficient (Wildman–Crippen LogP) is 6.56. The molecule has 8 nitrogen and oxygen atoms in total. The van der Waals surface area contributed by atoms with Crippen LogP contribution in [0.15, 0.2) is 77.8 Å². The molecule has 0 aliphatic rings. The molecule has 38 heavy (non-hydrogen) atoms. The Balaban J connectivity index is 1.70. The second-order valence-electron chi connectivity index (χ2n) is 8.59. The molecule has 3 aromatic carbocycles. The van der Waals surface area contributed by atoms with Gasteiger partial charge in [0.25, 0.3) is 0 Å². The first kappa shape index (κ1) is 27.2. The van der Waals surface area contributed by atoms with E-state index < -0.39 is 20.9 Å². The molecule has 1 heterocycles. The quantitative estimate of drug-likeness (QED) is 0.202. The van der Waals surface area contributed by atoms with E-state index in [0.29, 0.717) is 22.8 Å². The van der Waals surface area contributed by atoms with Crippen LogP contribution in [-0.4, -0.2) is 30.7 Å². The van der Waals surface area contributed by atoms with Crippen LogP contribution in [0.5, 0.6) is 5.75 Å². The van der Waals surface area contributed by atoms with E-state index >= 15 is 0 Å². The molecule has 0 fully saturated rings. The Bertz CT molecular complexity index is 1510. The first-order valence-electron chi connectivity index (χ1n) is 11.7. The molecule has 0 bridgehead atoms. The van der Waals surface area contributed by atoms with E-state index in [9.17, 15) is 12.8 Å². The lowest BCUT2D eigenvalue weighted by atomic mass is 10.2. The number of aromatic nitrogens is 2. The van der Waals surface area contributed by atoms with Gasteiger partial charge in [-0.1, -0.05) is 29.8 Å². The van der Waals surface area contributed by atoms with Crippen LogP contribution in [-0.2, 0) is 16.4 Å². The van der Waals surface area contributed by atoms with Crippen LogP contribution < -0.4 is 20.7 Å². The van der Waals surface area contributed by atoms with Gasteiger partial charge in [0.2, 0.25) is 5.95 Å². The number of anilines is 5. The number of hydrogen-bond donors (Lipinski definition) is 3. The zero-order valence-corrected chi connectivity index (χ0v) is 22.6. The van der Waals surface area contributed by atoms with Crippen LogP contribution in [0.4, 0.5) is 33.2 Å². The SMILES string of the molecule is COc1ccc(Nc2ncc(CNc3c(F)cccc3Cl)c(Nc3ccccc3S(=O)(=O)C(C)C)n2)cc1. The summed E-state index contributed by atoms with van der Waals surface area (Å²) in [4.78, 5) is 9.15. The Morgan fingerprint density at radius 2 is 1.74 bits per heavy atom. The molecule has 4 rings (SSSR count). The second-order valence-corrected chi connectivity index (χ2v) is 11.5. The molecule has 0 atom stereocenters. The van der Waals surface area contributed by atoms with E-state index in [1.807, 2.05) is 12.1 Å². The van der Waals surface area contributed by atoms with Crippen molar-refractivity contribution in [3.63, 3.8) is 0 Å². The molecule has 4 aromatic rings. The van der Waals surface area contributed by atoms with Crippen LogP contribution in [0.3, 0.4) is 0 Å². The highest BCUT2D eigenvalue weighted by Crippen LogP contribution is 2.31. The van der Waals surface area contributed by atoms with Crippen molar-refractivity contribution in [2.75, 3.05) is 23.1 Å². The number of halogens is 2. The van der Waals surface area contributed by atoms with Crippen molar-refractivity contribution < 1.29 is 17.5 Å². The zero-order chi connectivity index (χ0) is 27.3. The maximum atomic E-state index is 14.3. The highest BCUT2D eigenvalue weighted by Gasteiger charge is 2.23. The summed E-state index contributed by atoms with van der Waals surface area (Å²) in [6.07, 6.45) is 1.57. The third-order valence-electron chi connectivity index (χ3n) is 5.70. The molecular weight excluding hydrogens is 529 g/mol. The number of hydrogen-bond acceptors (Lipinski definition) is 8. The van der Waals surface area contributed by atoms with Gasteiger partial charge in [-0.15, -0.1) is 0 Å². The second kappa shape index (κ2) is 11.7. The van der Waals surface area contributed by atoms with E-state index in [1.165, 1.54) is 12.1 Å². The van der Waals surface area contributed by atoms with Gasteiger partial charge in [0.05, 0.1) is 33.7 Å². The maximum Gasteiger partial charge on any atom is 0.229 e. The number of sulfone groups is 1. The van der Waals surface area contributed by atoms with Crippen molar-refractivity contribution in [3.8, 4) is 5.75 Å². The van der Waals surface area contributed by atoms with Crippen LogP contribution in [0.2, 0.25) is 5.02 Å². The molecule has 198 valence electrons. The molecule has 0 aliphatic heterocycles. The van der Waals surface area contributed by atoms with Gasteiger partial charge >= 0.3 is 0 Å². The lowest BCUT2D eigenvalue weighted by molar-refractivity contribution is 0.415. The Labute approximate surface area is 226 Å². The van der Waals surface area contributed by atoms with Crippen molar-refractivity contribution in [2.24, 2.45) is 0 Å². The summed E-state index contributed by atoms with van der Waals surface area (Å²) >= 11 is 6.17. The van der Waals surface area contributed by atoms with Gasteiger partial charge in [-0.05, 0) is 62.4 Å². The van der Waals surface area contributed by atoms with Gasteiger partial charge in [0.1, 0.15) is 17.4 Å². The van der Waals surface area contributed by atoms with Gasteiger partial charge in [-0.3, -0.25) is 0 Å². The van der Waals surface area contributed by atoms with Crippen molar-refractivity contribution in [1.29, 1.82) is 0 Å². The monoisotopic (exact) mass is 555 g/mol. The number of nitrogens with zero attached hydrogens (tertiary/aromatic N) is 2. The molecule has 11 heteroatoms. The topological polar surface area (TPSA) is 105 Å². The van der Waals surface area contributed by atoms with E-state index in [1.54, 1.807) is 69.6 Å². The van der Waals surface area contributed by atoms with Crippen molar-refractivity contribution in [3.05, 3.63) is 89.3 Å². The molecule has 1 aromatic heterocycles. The smallest absolute Gasteiger partial charge is 0.229 e. The van der Waals surface area contributed by atoms with Gasteiger partial charge in [-0.25, -0.2) is 17.8 Å². The molecule has 0 saturated heterocycles. The van der Waals surface area contributed by atoms with Gasteiger partial charge in [0, 0.05) is 24.0 Å². The largest absolute Gasteiger partial charge is 0.497 e. The molecular formula is C27H27ClFN5O3S. The Kier molecular flexibility index (Phi) is 8.33. The summed E-state index contributed by atoms with van der Waals surface area (Å²) in [5.41, 5.74) is 1.79. The standard InChI is InChI=1S/C27H27ClFN5O3S/c1-17(2)38(35,36)24-10-5-4-9-23(24)33-26-18(15-30-25-21(28)7-6-8-22(25)29)16-31-27(34-26)32-19-11-13-20(37-3)14-12-19/h4-14,16-17,30H,15H2,1-3H3,(H2,31,32,33,34). The number of benzene rings is 3.